The Labute approximate surface area is 161 Å². The van der Waals surface area contributed by atoms with E-state index < -0.39 is 12.0 Å². The molecule has 1 aromatic heterocycles. The van der Waals surface area contributed by atoms with Gasteiger partial charge in [-0.1, -0.05) is 29.5 Å². The summed E-state index contributed by atoms with van der Waals surface area (Å²) in [4.78, 5) is 23.8. The van der Waals surface area contributed by atoms with E-state index in [9.17, 15) is 14.7 Å². The van der Waals surface area contributed by atoms with E-state index in [-0.39, 0.29) is 17.6 Å². The van der Waals surface area contributed by atoms with Crippen LogP contribution >= 0.6 is 11.8 Å². The molecule has 1 fully saturated rings. The van der Waals surface area contributed by atoms with Gasteiger partial charge < -0.3 is 15.2 Å². The molecular weight excluding hydrogens is 368 g/mol. The zero-order valence-electron chi connectivity index (χ0n) is 15.0. The lowest BCUT2D eigenvalue weighted by Gasteiger charge is -2.28. The summed E-state index contributed by atoms with van der Waals surface area (Å²) in [6, 6.07) is 6.94. The van der Waals surface area contributed by atoms with Crippen LogP contribution in [0.25, 0.3) is 5.69 Å². The van der Waals surface area contributed by atoms with E-state index >= 15 is 0 Å². The molecule has 8 nitrogen and oxygen atoms in total. The van der Waals surface area contributed by atoms with Gasteiger partial charge in [0, 0.05) is 18.2 Å². The van der Waals surface area contributed by atoms with E-state index in [1.165, 1.54) is 11.8 Å². The minimum Gasteiger partial charge on any atom is -0.480 e. The van der Waals surface area contributed by atoms with Crippen LogP contribution in [0.15, 0.2) is 35.7 Å². The number of carboxylic acid groups (broad SMARTS) is 1. The summed E-state index contributed by atoms with van der Waals surface area (Å²) in [5, 5.41) is 20.6. The molecule has 144 valence electrons. The van der Waals surface area contributed by atoms with Crippen LogP contribution in [0.2, 0.25) is 0 Å². The molecule has 1 amide bonds. The number of carboxylic acids is 1. The van der Waals surface area contributed by atoms with Crippen molar-refractivity contribution < 1.29 is 19.4 Å². The number of aliphatic carboxylic acids is 1. The van der Waals surface area contributed by atoms with Gasteiger partial charge in [0.05, 0.1) is 12.4 Å². The number of hydrogen-bond acceptors (Lipinski definition) is 6. The van der Waals surface area contributed by atoms with Crippen molar-refractivity contribution in [2.45, 2.75) is 31.0 Å². The van der Waals surface area contributed by atoms with Gasteiger partial charge in [-0.15, -0.1) is 10.2 Å². The highest BCUT2D eigenvalue weighted by Crippen LogP contribution is 2.21. The van der Waals surface area contributed by atoms with Gasteiger partial charge in [0.25, 0.3) is 0 Å². The van der Waals surface area contributed by atoms with Gasteiger partial charge in [0.15, 0.2) is 5.16 Å². The van der Waals surface area contributed by atoms with Gasteiger partial charge in [-0.2, -0.15) is 0 Å². The first-order valence-corrected chi connectivity index (χ1v) is 9.73. The Balaban J connectivity index is 1.60. The highest BCUT2D eigenvalue weighted by molar-refractivity contribution is 7.99. The summed E-state index contributed by atoms with van der Waals surface area (Å²) < 4.78 is 7.14. The van der Waals surface area contributed by atoms with Gasteiger partial charge in [-0.05, 0) is 31.9 Å². The van der Waals surface area contributed by atoms with Gasteiger partial charge in [0.2, 0.25) is 5.91 Å². The zero-order chi connectivity index (χ0) is 19.2. The lowest BCUT2D eigenvalue weighted by molar-refractivity contribution is -0.144. The van der Waals surface area contributed by atoms with Gasteiger partial charge in [0.1, 0.15) is 12.4 Å². The Kier molecular flexibility index (Phi) is 6.46. The van der Waals surface area contributed by atoms with Crippen LogP contribution in [0.5, 0.6) is 0 Å². The molecule has 2 N–H and O–H groups in total. The maximum atomic E-state index is 12.3. The van der Waals surface area contributed by atoms with E-state index in [1.807, 2.05) is 31.2 Å². The van der Waals surface area contributed by atoms with Gasteiger partial charge >= 0.3 is 5.97 Å². The molecule has 3 rings (SSSR count). The van der Waals surface area contributed by atoms with Crippen LogP contribution in [0, 0.1) is 12.8 Å². The summed E-state index contributed by atoms with van der Waals surface area (Å²) in [6.07, 6.45) is 3.12. The Morgan fingerprint density at radius 3 is 2.85 bits per heavy atom. The summed E-state index contributed by atoms with van der Waals surface area (Å²) in [6.45, 7) is 3.00. The van der Waals surface area contributed by atoms with Crippen LogP contribution in [0.3, 0.4) is 0 Å². The summed E-state index contributed by atoms with van der Waals surface area (Å²) in [5.74, 6) is -1.54. The minimum absolute atomic E-state index is 0.0575. The first-order valence-electron chi connectivity index (χ1n) is 8.74. The Bertz CT molecular complexity index is 787. The van der Waals surface area contributed by atoms with E-state index in [4.69, 9.17) is 4.74 Å². The molecule has 2 aromatic rings. The molecule has 1 aliphatic heterocycles. The molecule has 0 radical (unpaired) electrons. The number of nitrogens with one attached hydrogen (secondary N) is 1. The molecule has 1 aliphatic rings. The third-order valence-electron chi connectivity index (χ3n) is 4.41. The number of amides is 1. The van der Waals surface area contributed by atoms with Gasteiger partial charge in [-0.3, -0.25) is 9.36 Å². The van der Waals surface area contributed by atoms with E-state index in [2.05, 4.69) is 15.5 Å². The number of thioether (sulfide) groups is 1. The summed E-state index contributed by atoms with van der Waals surface area (Å²) in [7, 11) is 0. The second kappa shape index (κ2) is 9.01. The lowest BCUT2D eigenvalue weighted by atomic mass is 9.94. The number of carbonyl (C=O) groups is 2. The smallest absolute Gasteiger partial charge is 0.326 e. The van der Waals surface area contributed by atoms with Crippen molar-refractivity contribution in [2.24, 2.45) is 5.92 Å². The number of rotatable bonds is 7. The fourth-order valence-corrected chi connectivity index (χ4v) is 3.70. The van der Waals surface area contributed by atoms with Crippen LogP contribution in [-0.4, -0.2) is 56.8 Å². The largest absolute Gasteiger partial charge is 0.480 e. The first kappa shape index (κ1) is 19.4. The van der Waals surface area contributed by atoms with Crippen molar-refractivity contribution in [1.29, 1.82) is 0 Å². The molecule has 0 saturated carbocycles. The number of carbonyl (C=O) groups excluding carboxylic acids is 1. The first-order chi connectivity index (χ1) is 13.0. The number of hydrogen-bond donors (Lipinski definition) is 2. The number of benzene rings is 1. The second-order valence-corrected chi connectivity index (χ2v) is 7.41. The molecule has 27 heavy (non-hydrogen) atoms. The zero-order valence-corrected chi connectivity index (χ0v) is 15.8. The molecule has 2 heterocycles. The SMILES string of the molecule is Cc1ccc(-n2cnnc2SCC(=O)NC(C(=O)O)C2CCCOC2)cc1. The van der Waals surface area contributed by atoms with Crippen molar-refractivity contribution in [3.05, 3.63) is 36.2 Å². The molecule has 1 aromatic carbocycles. The second-order valence-electron chi connectivity index (χ2n) is 6.47. The van der Waals surface area contributed by atoms with Crippen LogP contribution in [-0.2, 0) is 14.3 Å². The highest BCUT2D eigenvalue weighted by Gasteiger charge is 2.31. The van der Waals surface area contributed by atoms with Crippen molar-refractivity contribution in [3.63, 3.8) is 0 Å². The maximum Gasteiger partial charge on any atom is 0.326 e. The predicted octanol–water partition coefficient (Wildman–Crippen LogP) is 1.66. The normalized spacial score (nSPS) is 18.0. The van der Waals surface area contributed by atoms with Crippen LogP contribution in [0.1, 0.15) is 18.4 Å². The molecule has 9 heteroatoms. The topological polar surface area (TPSA) is 106 Å². The van der Waals surface area contributed by atoms with Crippen molar-refractivity contribution >= 4 is 23.6 Å². The van der Waals surface area contributed by atoms with Gasteiger partial charge in [-0.25, -0.2) is 4.79 Å². The minimum atomic E-state index is -1.04. The van der Waals surface area contributed by atoms with Crippen molar-refractivity contribution in [2.75, 3.05) is 19.0 Å². The fraction of sp³-hybridized carbons (Fsp3) is 0.444. The number of ether oxygens (including phenoxy) is 1. The van der Waals surface area contributed by atoms with Crippen LogP contribution < -0.4 is 5.32 Å². The summed E-state index contributed by atoms with van der Waals surface area (Å²) >= 11 is 1.21. The average Bonchev–Trinajstić information content (AvgIpc) is 3.14. The highest BCUT2D eigenvalue weighted by atomic mass is 32.2. The number of aryl methyl sites for hydroxylation is 1. The molecule has 2 unspecified atom stereocenters. The molecule has 2 atom stereocenters. The lowest BCUT2D eigenvalue weighted by Crippen LogP contribution is -2.49. The Hall–Kier alpha value is -2.39. The monoisotopic (exact) mass is 390 g/mol. The number of nitrogens with zero attached hydrogens (tertiary/aromatic N) is 3. The third-order valence-corrected chi connectivity index (χ3v) is 5.35. The third kappa shape index (κ3) is 5.08. The molecule has 0 spiro atoms. The molecule has 0 bridgehead atoms. The molecule has 1 saturated heterocycles. The quantitative estimate of drug-likeness (QED) is 0.693. The van der Waals surface area contributed by atoms with Crippen molar-refractivity contribution in [3.8, 4) is 5.69 Å². The predicted molar refractivity (Wildman–Crippen MR) is 99.9 cm³/mol. The van der Waals surface area contributed by atoms with E-state index in [0.717, 1.165) is 24.1 Å². The number of aromatic nitrogens is 3. The summed E-state index contributed by atoms with van der Waals surface area (Å²) in [5.41, 5.74) is 2.04. The fourth-order valence-electron chi connectivity index (χ4n) is 2.96. The Morgan fingerprint density at radius 2 is 2.19 bits per heavy atom. The Morgan fingerprint density at radius 1 is 1.41 bits per heavy atom. The van der Waals surface area contributed by atoms with E-state index in [1.54, 1.807) is 10.9 Å². The average molecular weight is 390 g/mol. The molecule has 0 aliphatic carbocycles. The molecular formula is C18H22N4O4S. The van der Waals surface area contributed by atoms with Crippen LogP contribution in [0.4, 0.5) is 0 Å². The van der Waals surface area contributed by atoms with E-state index in [0.29, 0.717) is 18.4 Å². The maximum absolute atomic E-state index is 12.3. The van der Waals surface area contributed by atoms with Crippen molar-refractivity contribution in [1.82, 2.24) is 20.1 Å². The standard InChI is InChI=1S/C18H22N4O4S/c1-12-4-6-14(7-5-12)22-11-19-21-18(22)27-10-15(23)20-16(17(24)25)13-3-2-8-26-9-13/h4-7,11,13,16H,2-3,8-10H2,1H3,(H,20,23)(H,24,25).